The Morgan fingerprint density at radius 3 is 2.35 bits per heavy atom. The van der Waals surface area contributed by atoms with E-state index in [1.807, 2.05) is 0 Å². The number of nitrogens with zero attached hydrogens (tertiary/aromatic N) is 1. The molecule has 1 amide bonds. The lowest BCUT2D eigenvalue weighted by molar-refractivity contribution is 0.139. The standard InChI is InChI=1S/C14H25NO2/c1-4-6-7-8-9-10-11-13-15(12-5-2)14(16)17-3/h12H,2,4,6-11,13H2,1,3H3. The molecule has 0 spiro atoms. The minimum atomic E-state index is -0.341. The second-order valence-electron chi connectivity index (χ2n) is 4.12. The smallest absolute Gasteiger partial charge is 0.414 e. The molecule has 0 saturated carbocycles. The summed E-state index contributed by atoms with van der Waals surface area (Å²) in [6, 6.07) is 0. The second kappa shape index (κ2) is 11.3. The average Bonchev–Trinajstić information content (AvgIpc) is 2.35. The molecule has 0 aromatic rings. The molecule has 0 atom stereocenters. The topological polar surface area (TPSA) is 29.5 Å². The maximum atomic E-state index is 11.3. The van der Waals surface area contributed by atoms with Crippen molar-refractivity contribution in [2.45, 2.75) is 51.9 Å². The maximum Gasteiger partial charge on any atom is 0.414 e. The second-order valence-corrected chi connectivity index (χ2v) is 4.12. The summed E-state index contributed by atoms with van der Waals surface area (Å²) in [5, 5.41) is 0. The Morgan fingerprint density at radius 1 is 1.24 bits per heavy atom. The quantitative estimate of drug-likeness (QED) is 0.448. The van der Waals surface area contributed by atoms with Gasteiger partial charge < -0.3 is 4.74 Å². The fourth-order valence-electron chi connectivity index (χ4n) is 1.68. The number of carbonyl (C=O) groups excluding carboxylic acids is 1. The highest BCUT2D eigenvalue weighted by Crippen LogP contribution is 2.08. The molecule has 0 bridgehead atoms. The summed E-state index contributed by atoms with van der Waals surface area (Å²) < 4.78 is 4.66. The third-order valence-corrected chi connectivity index (χ3v) is 2.66. The number of rotatable bonds is 9. The SMILES string of the molecule is C=C=CN(CCCCCCCCC)C(=O)OC. The summed E-state index contributed by atoms with van der Waals surface area (Å²) in [7, 11) is 1.39. The Morgan fingerprint density at radius 2 is 1.82 bits per heavy atom. The first kappa shape index (κ1) is 15.8. The van der Waals surface area contributed by atoms with E-state index in [0.717, 1.165) is 12.8 Å². The zero-order valence-corrected chi connectivity index (χ0v) is 11.2. The fraction of sp³-hybridized carbons (Fsp3) is 0.714. The van der Waals surface area contributed by atoms with Crippen molar-refractivity contribution in [3.8, 4) is 0 Å². The number of methoxy groups -OCH3 is 1. The first-order chi connectivity index (χ1) is 8.26. The van der Waals surface area contributed by atoms with Crippen LogP contribution < -0.4 is 0 Å². The number of hydrogen-bond acceptors (Lipinski definition) is 2. The minimum Gasteiger partial charge on any atom is -0.452 e. The molecule has 0 heterocycles. The van der Waals surface area contributed by atoms with E-state index in [2.05, 4.69) is 24.0 Å². The molecule has 0 aromatic carbocycles. The van der Waals surface area contributed by atoms with Gasteiger partial charge in [0.05, 0.1) is 13.3 Å². The van der Waals surface area contributed by atoms with Gasteiger partial charge in [0.2, 0.25) is 0 Å². The highest BCUT2D eigenvalue weighted by molar-refractivity contribution is 5.68. The van der Waals surface area contributed by atoms with E-state index in [4.69, 9.17) is 0 Å². The molecule has 0 aromatic heterocycles. The van der Waals surface area contributed by atoms with Crippen LogP contribution in [0.25, 0.3) is 0 Å². The zero-order chi connectivity index (χ0) is 12.9. The van der Waals surface area contributed by atoms with Gasteiger partial charge in [-0.05, 0) is 6.42 Å². The van der Waals surface area contributed by atoms with Gasteiger partial charge in [0.15, 0.2) is 0 Å². The van der Waals surface area contributed by atoms with Crippen LogP contribution in [0.3, 0.4) is 0 Å². The highest BCUT2D eigenvalue weighted by atomic mass is 16.5. The van der Waals surface area contributed by atoms with Crippen LogP contribution in [0, 0.1) is 0 Å². The molecule has 0 fully saturated rings. The number of carbonyl (C=O) groups is 1. The van der Waals surface area contributed by atoms with Crippen LogP contribution >= 0.6 is 0 Å². The summed E-state index contributed by atoms with van der Waals surface area (Å²) in [4.78, 5) is 12.8. The van der Waals surface area contributed by atoms with E-state index >= 15 is 0 Å². The number of ether oxygens (including phenoxy) is 1. The first-order valence-corrected chi connectivity index (χ1v) is 6.46. The van der Waals surface area contributed by atoms with Crippen molar-refractivity contribution >= 4 is 6.09 Å². The molecular weight excluding hydrogens is 214 g/mol. The number of unbranched alkanes of at least 4 members (excludes halogenated alkanes) is 6. The van der Waals surface area contributed by atoms with E-state index in [9.17, 15) is 4.79 Å². The first-order valence-electron chi connectivity index (χ1n) is 6.46. The largest absolute Gasteiger partial charge is 0.452 e. The van der Waals surface area contributed by atoms with Gasteiger partial charge in [-0.1, -0.05) is 52.0 Å². The lowest BCUT2D eigenvalue weighted by atomic mass is 10.1. The predicted molar refractivity (Wildman–Crippen MR) is 70.8 cm³/mol. The molecule has 0 N–H and O–H groups in total. The van der Waals surface area contributed by atoms with E-state index in [0.29, 0.717) is 6.54 Å². The lowest BCUT2D eigenvalue weighted by Gasteiger charge is -2.15. The molecule has 17 heavy (non-hydrogen) atoms. The van der Waals surface area contributed by atoms with Crippen molar-refractivity contribution in [3.05, 3.63) is 18.5 Å². The van der Waals surface area contributed by atoms with Crippen molar-refractivity contribution < 1.29 is 9.53 Å². The van der Waals surface area contributed by atoms with Crippen molar-refractivity contribution in [2.75, 3.05) is 13.7 Å². The lowest BCUT2D eigenvalue weighted by Crippen LogP contribution is -2.26. The molecule has 3 nitrogen and oxygen atoms in total. The normalized spacial score (nSPS) is 9.53. The van der Waals surface area contributed by atoms with Crippen LogP contribution in [0.5, 0.6) is 0 Å². The van der Waals surface area contributed by atoms with Gasteiger partial charge in [-0.25, -0.2) is 4.79 Å². The van der Waals surface area contributed by atoms with E-state index in [-0.39, 0.29) is 6.09 Å². The maximum absolute atomic E-state index is 11.3. The molecule has 0 aliphatic heterocycles. The van der Waals surface area contributed by atoms with E-state index in [1.54, 1.807) is 6.20 Å². The molecule has 0 aliphatic rings. The summed E-state index contributed by atoms with van der Waals surface area (Å²) >= 11 is 0. The van der Waals surface area contributed by atoms with Gasteiger partial charge in [-0.15, -0.1) is 5.73 Å². The third-order valence-electron chi connectivity index (χ3n) is 2.66. The van der Waals surface area contributed by atoms with Crippen LogP contribution in [0.4, 0.5) is 4.79 Å². The van der Waals surface area contributed by atoms with E-state index in [1.165, 1.54) is 44.1 Å². The summed E-state index contributed by atoms with van der Waals surface area (Å²) in [5.74, 6) is 0. The van der Waals surface area contributed by atoms with Crippen molar-refractivity contribution in [3.63, 3.8) is 0 Å². The van der Waals surface area contributed by atoms with Crippen molar-refractivity contribution in [1.82, 2.24) is 4.90 Å². The zero-order valence-electron chi connectivity index (χ0n) is 11.2. The van der Waals surface area contributed by atoms with Gasteiger partial charge in [0.25, 0.3) is 0 Å². The molecule has 3 heteroatoms. The van der Waals surface area contributed by atoms with Crippen molar-refractivity contribution in [1.29, 1.82) is 0 Å². The highest BCUT2D eigenvalue weighted by Gasteiger charge is 2.09. The molecule has 0 radical (unpaired) electrons. The van der Waals surface area contributed by atoms with Crippen molar-refractivity contribution in [2.24, 2.45) is 0 Å². The van der Waals surface area contributed by atoms with Gasteiger partial charge in [0, 0.05) is 6.54 Å². The monoisotopic (exact) mass is 239 g/mol. The Kier molecular flexibility index (Phi) is 10.5. The summed E-state index contributed by atoms with van der Waals surface area (Å²) in [5.41, 5.74) is 2.60. The predicted octanol–water partition coefficient (Wildman–Crippen LogP) is 4.10. The Labute approximate surface area is 105 Å². The van der Waals surface area contributed by atoms with Gasteiger partial charge in [0.1, 0.15) is 0 Å². The van der Waals surface area contributed by atoms with Crippen LogP contribution in [0.2, 0.25) is 0 Å². The summed E-state index contributed by atoms with van der Waals surface area (Å²) in [6.07, 6.45) is 9.82. The molecule has 0 rings (SSSR count). The molecule has 0 unspecified atom stereocenters. The summed E-state index contributed by atoms with van der Waals surface area (Å²) in [6.45, 7) is 6.37. The third kappa shape index (κ3) is 8.58. The Balaban J connectivity index is 3.61. The van der Waals surface area contributed by atoms with Gasteiger partial charge >= 0.3 is 6.09 Å². The molecule has 98 valence electrons. The van der Waals surface area contributed by atoms with Crippen LogP contribution in [0.15, 0.2) is 18.5 Å². The Hall–Kier alpha value is -1.21. The number of hydrogen-bond donors (Lipinski definition) is 0. The van der Waals surface area contributed by atoms with Crippen LogP contribution in [-0.2, 0) is 4.74 Å². The average molecular weight is 239 g/mol. The van der Waals surface area contributed by atoms with E-state index < -0.39 is 0 Å². The van der Waals surface area contributed by atoms with Crippen LogP contribution in [-0.4, -0.2) is 24.6 Å². The van der Waals surface area contributed by atoms with Gasteiger partial charge in [-0.3, -0.25) is 4.90 Å². The Bertz CT molecular complexity index is 245. The number of amides is 1. The fourth-order valence-corrected chi connectivity index (χ4v) is 1.68. The minimum absolute atomic E-state index is 0.341. The molecule has 0 saturated heterocycles. The molecular formula is C14H25NO2. The van der Waals surface area contributed by atoms with Crippen LogP contribution in [0.1, 0.15) is 51.9 Å². The molecule has 0 aliphatic carbocycles. The van der Waals surface area contributed by atoms with Gasteiger partial charge in [-0.2, -0.15) is 0 Å².